The Kier molecular flexibility index (Phi) is 1.47. The molecular formula is C10H7NO. The van der Waals surface area contributed by atoms with Crippen molar-refractivity contribution in [3.63, 3.8) is 0 Å². The van der Waals surface area contributed by atoms with E-state index in [1.54, 1.807) is 12.1 Å². The third-order valence-corrected chi connectivity index (χ3v) is 1.80. The quantitative estimate of drug-likeness (QED) is 0.618. The molecule has 2 heteroatoms. The van der Waals surface area contributed by atoms with Crippen molar-refractivity contribution in [3.8, 4) is 0 Å². The first-order valence-corrected chi connectivity index (χ1v) is 3.65. The van der Waals surface area contributed by atoms with Crippen molar-refractivity contribution in [2.75, 3.05) is 0 Å². The summed E-state index contributed by atoms with van der Waals surface area (Å²) in [6.45, 7) is 5.68. The number of hydrogen-bond acceptors (Lipinski definition) is 1. The smallest absolute Gasteiger partial charge is 0.248 e. The summed E-state index contributed by atoms with van der Waals surface area (Å²) in [7, 11) is 0. The van der Waals surface area contributed by atoms with Crippen molar-refractivity contribution in [3.05, 3.63) is 53.2 Å². The normalized spacial score (nSPS) is 10.4. The predicted octanol–water partition coefficient (Wildman–Crippen LogP) is 1.59. The molecule has 0 amide bonds. The third-order valence-electron chi connectivity index (χ3n) is 1.80. The van der Waals surface area contributed by atoms with Crippen LogP contribution in [0.5, 0.6) is 0 Å². The molecule has 1 heterocycles. The van der Waals surface area contributed by atoms with E-state index in [4.69, 9.17) is 6.92 Å². The van der Waals surface area contributed by atoms with E-state index >= 15 is 0 Å². The van der Waals surface area contributed by atoms with Gasteiger partial charge >= 0.3 is 0 Å². The van der Waals surface area contributed by atoms with Crippen LogP contribution in [0.25, 0.3) is 10.9 Å². The van der Waals surface area contributed by atoms with Gasteiger partial charge in [0.2, 0.25) is 5.56 Å². The van der Waals surface area contributed by atoms with E-state index in [1.165, 1.54) is 6.07 Å². The minimum atomic E-state index is -0.104. The highest BCUT2D eigenvalue weighted by Crippen LogP contribution is 2.12. The molecule has 0 saturated heterocycles. The summed E-state index contributed by atoms with van der Waals surface area (Å²) < 4.78 is 0. The molecule has 0 fully saturated rings. The first-order valence-electron chi connectivity index (χ1n) is 3.65. The van der Waals surface area contributed by atoms with Gasteiger partial charge < -0.3 is 4.98 Å². The summed E-state index contributed by atoms with van der Waals surface area (Å²) in [5.41, 5.74) is 1.36. The zero-order valence-corrected chi connectivity index (χ0v) is 6.37. The van der Waals surface area contributed by atoms with Gasteiger partial charge in [0.1, 0.15) is 0 Å². The van der Waals surface area contributed by atoms with Crippen LogP contribution in [0.3, 0.4) is 0 Å². The molecule has 0 spiro atoms. The van der Waals surface area contributed by atoms with E-state index in [2.05, 4.69) is 4.98 Å². The Morgan fingerprint density at radius 1 is 1.17 bits per heavy atom. The molecule has 0 saturated carbocycles. The van der Waals surface area contributed by atoms with Gasteiger partial charge in [-0.1, -0.05) is 12.1 Å². The van der Waals surface area contributed by atoms with E-state index in [9.17, 15) is 4.79 Å². The van der Waals surface area contributed by atoms with Gasteiger partial charge in [-0.25, -0.2) is 0 Å². The zero-order valence-electron chi connectivity index (χ0n) is 6.37. The first kappa shape index (κ1) is 7.10. The standard InChI is InChI=1S/C10H7NO/c1-7-3-2-4-9-8(7)5-6-10(12)11-9/h1-6H,(H,11,12). The van der Waals surface area contributed by atoms with Crippen LogP contribution in [0, 0.1) is 6.92 Å². The molecule has 12 heavy (non-hydrogen) atoms. The minimum absolute atomic E-state index is 0.104. The van der Waals surface area contributed by atoms with Gasteiger partial charge in [-0.15, -0.1) is 0 Å². The molecule has 0 bridgehead atoms. The summed E-state index contributed by atoms with van der Waals surface area (Å²) in [4.78, 5) is 13.6. The monoisotopic (exact) mass is 157 g/mol. The van der Waals surface area contributed by atoms with Gasteiger partial charge in [-0.2, -0.15) is 0 Å². The molecule has 2 radical (unpaired) electrons. The van der Waals surface area contributed by atoms with Gasteiger partial charge in [0, 0.05) is 17.0 Å². The van der Waals surface area contributed by atoms with Crippen LogP contribution in [0.4, 0.5) is 0 Å². The molecule has 0 atom stereocenters. The number of aromatic nitrogens is 1. The fraction of sp³-hybridized carbons (Fsp3) is 0. The zero-order chi connectivity index (χ0) is 8.55. The van der Waals surface area contributed by atoms with E-state index in [-0.39, 0.29) is 5.56 Å². The van der Waals surface area contributed by atoms with E-state index in [1.807, 2.05) is 12.1 Å². The number of pyridine rings is 1. The maximum atomic E-state index is 10.9. The lowest BCUT2D eigenvalue weighted by atomic mass is 10.1. The summed E-state index contributed by atoms with van der Waals surface area (Å²) in [6.07, 6.45) is 0. The number of benzene rings is 1. The second-order valence-corrected chi connectivity index (χ2v) is 2.63. The molecule has 0 unspecified atom stereocenters. The molecular weight excluding hydrogens is 150 g/mol. The van der Waals surface area contributed by atoms with Crippen molar-refractivity contribution in [2.24, 2.45) is 0 Å². The second-order valence-electron chi connectivity index (χ2n) is 2.63. The minimum Gasteiger partial charge on any atom is -0.322 e. The Balaban J connectivity index is 2.96. The largest absolute Gasteiger partial charge is 0.322 e. The molecule has 0 aliphatic rings. The molecule has 2 rings (SSSR count). The number of aromatic amines is 1. The van der Waals surface area contributed by atoms with Crippen molar-refractivity contribution in [1.29, 1.82) is 0 Å². The van der Waals surface area contributed by atoms with Crippen LogP contribution in [0.1, 0.15) is 5.56 Å². The highest BCUT2D eigenvalue weighted by molar-refractivity contribution is 5.82. The number of rotatable bonds is 0. The highest BCUT2D eigenvalue weighted by atomic mass is 16.1. The van der Waals surface area contributed by atoms with Gasteiger partial charge in [0.25, 0.3) is 0 Å². The fourth-order valence-corrected chi connectivity index (χ4v) is 1.21. The van der Waals surface area contributed by atoms with Crippen molar-refractivity contribution in [1.82, 2.24) is 4.98 Å². The van der Waals surface area contributed by atoms with Crippen molar-refractivity contribution >= 4 is 10.9 Å². The van der Waals surface area contributed by atoms with E-state index in [0.29, 0.717) is 5.56 Å². The Labute approximate surface area is 69.9 Å². The van der Waals surface area contributed by atoms with Gasteiger partial charge in [-0.3, -0.25) is 4.79 Å². The van der Waals surface area contributed by atoms with Crippen molar-refractivity contribution in [2.45, 2.75) is 0 Å². The van der Waals surface area contributed by atoms with Crippen LogP contribution < -0.4 is 5.56 Å². The summed E-state index contributed by atoms with van der Waals surface area (Å²) in [5.74, 6) is 0. The number of fused-ring (bicyclic) bond motifs is 1. The average Bonchev–Trinajstić information content (AvgIpc) is 2.04. The molecule has 1 aromatic heterocycles. The van der Waals surface area contributed by atoms with Gasteiger partial charge in [0.15, 0.2) is 0 Å². The summed E-state index contributed by atoms with van der Waals surface area (Å²) in [6, 6.07) is 8.64. The first-order chi connectivity index (χ1) is 5.77. The maximum Gasteiger partial charge on any atom is 0.248 e. The SMILES string of the molecule is [CH]c1cccc2[nH]c(=O)ccc12. The molecule has 0 aliphatic heterocycles. The summed E-state index contributed by atoms with van der Waals surface area (Å²) in [5, 5.41) is 0.886. The maximum absolute atomic E-state index is 10.9. The lowest BCUT2D eigenvalue weighted by Gasteiger charge is -1.98. The van der Waals surface area contributed by atoms with E-state index in [0.717, 1.165) is 10.9 Å². The Morgan fingerprint density at radius 3 is 2.83 bits per heavy atom. The van der Waals surface area contributed by atoms with Gasteiger partial charge in [0.05, 0.1) is 0 Å². The fourth-order valence-electron chi connectivity index (χ4n) is 1.21. The lowest BCUT2D eigenvalue weighted by Crippen LogP contribution is -2.02. The van der Waals surface area contributed by atoms with Crippen LogP contribution >= 0.6 is 0 Å². The van der Waals surface area contributed by atoms with Crippen molar-refractivity contribution < 1.29 is 0 Å². The number of H-pyrrole nitrogens is 1. The predicted molar refractivity (Wildman–Crippen MR) is 48.0 cm³/mol. The molecule has 2 nitrogen and oxygen atoms in total. The Bertz CT molecular complexity index is 470. The van der Waals surface area contributed by atoms with Crippen LogP contribution in [0.2, 0.25) is 0 Å². The number of hydrogen-bond donors (Lipinski definition) is 1. The molecule has 2 aromatic rings. The van der Waals surface area contributed by atoms with Crippen LogP contribution in [-0.2, 0) is 0 Å². The molecule has 1 N–H and O–H groups in total. The third kappa shape index (κ3) is 1.01. The summed E-state index contributed by atoms with van der Waals surface area (Å²) >= 11 is 0. The average molecular weight is 157 g/mol. The van der Waals surface area contributed by atoms with Crippen LogP contribution in [-0.4, -0.2) is 4.98 Å². The molecule has 0 aliphatic carbocycles. The Hall–Kier alpha value is -1.57. The second kappa shape index (κ2) is 2.48. The Morgan fingerprint density at radius 2 is 2.00 bits per heavy atom. The van der Waals surface area contributed by atoms with E-state index < -0.39 is 0 Å². The lowest BCUT2D eigenvalue weighted by molar-refractivity contribution is 1.30. The highest BCUT2D eigenvalue weighted by Gasteiger charge is 1.95. The number of nitrogens with one attached hydrogen (secondary N) is 1. The molecule has 1 aromatic carbocycles. The topological polar surface area (TPSA) is 32.9 Å². The molecule has 58 valence electrons. The van der Waals surface area contributed by atoms with Gasteiger partial charge in [-0.05, 0) is 24.6 Å². The van der Waals surface area contributed by atoms with Crippen LogP contribution in [0.15, 0.2) is 35.1 Å².